The zero-order valence-corrected chi connectivity index (χ0v) is 13.2. The standard InChI is InChI=1S/C12H17IN2O2S/c1-10-4-3-7-15(9-10)18(16,17)14-12-6-2-5-11(13)8-12/h2,5-6,8,10,14H,3-4,7,9H2,1H3. The quantitative estimate of drug-likeness (QED) is 0.820. The molecule has 1 atom stereocenters. The summed E-state index contributed by atoms with van der Waals surface area (Å²) >= 11 is 2.17. The Balaban J connectivity index is 2.11. The predicted octanol–water partition coefficient (Wildman–Crippen LogP) is 2.68. The maximum absolute atomic E-state index is 12.2. The highest BCUT2D eigenvalue weighted by Gasteiger charge is 2.26. The number of nitrogens with one attached hydrogen (secondary N) is 1. The second-order valence-corrected chi connectivity index (χ2v) is 7.64. The predicted molar refractivity (Wildman–Crippen MR) is 81.7 cm³/mol. The van der Waals surface area contributed by atoms with E-state index in [9.17, 15) is 8.42 Å². The van der Waals surface area contributed by atoms with Crippen molar-refractivity contribution in [3.63, 3.8) is 0 Å². The van der Waals surface area contributed by atoms with Crippen LogP contribution in [-0.2, 0) is 10.2 Å². The smallest absolute Gasteiger partial charge is 0.271 e. The van der Waals surface area contributed by atoms with E-state index in [2.05, 4.69) is 34.2 Å². The van der Waals surface area contributed by atoms with Crippen molar-refractivity contribution in [3.8, 4) is 0 Å². The van der Waals surface area contributed by atoms with Crippen LogP contribution in [0.2, 0.25) is 0 Å². The molecule has 1 aromatic rings. The number of benzene rings is 1. The van der Waals surface area contributed by atoms with E-state index in [0.717, 1.165) is 16.4 Å². The third-order valence-corrected chi connectivity index (χ3v) is 5.21. The summed E-state index contributed by atoms with van der Waals surface area (Å²) in [6.07, 6.45) is 2.05. The van der Waals surface area contributed by atoms with Crippen LogP contribution in [0.4, 0.5) is 5.69 Å². The van der Waals surface area contributed by atoms with Crippen LogP contribution in [-0.4, -0.2) is 25.8 Å². The molecule has 0 bridgehead atoms. The van der Waals surface area contributed by atoms with Crippen molar-refractivity contribution in [3.05, 3.63) is 27.8 Å². The summed E-state index contributed by atoms with van der Waals surface area (Å²) in [6, 6.07) is 7.37. The summed E-state index contributed by atoms with van der Waals surface area (Å²) in [5.74, 6) is 0.436. The van der Waals surface area contributed by atoms with E-state index in [1.165, 1.54) is 0 Å². The molecule has 2 rings (SSSR count). The van der Waals surface area contributed by atoms with Gasteiger partial charge in [-0.3, -0.25) is 4.72 Å². The Morgan fingerprint density at radius 3 is 2.89 bits per heavy atom. The lowest BCUT2D eigenvalue weighted by Gasteiger charge is -2.30. The number of anilines is 1. The molecule has 100 valence electrons. The number of rotatable bonds is 3. The van der Waals surface area contributed by atoms with Gasteiger partial charge in [-0.2, -0.15) is 12.7 Å². The molecule has 1 saturated heterocycles. The van der Waals surface area contributed by atoms with E-state index in [4.69, 9.17) is 0 Å². The molecule has 1 unspecified atom stereocenters. The van der Waals surface area contributed by atoms with Gasteiger partial charge in [0.2, 0.25) is 0 Å². The highest BCUT2D eigenvalue weighted by Crippen LogP contribution is 2.20. The summed E-state index contributed by atoms with van der Waals surface area (Å²) in [4.78, 5) is 0. The fraction of sp³-hybridized carbons (Fsp3) is 0.500. The molecule has 0 aromatic heterocycles. The average Bonchev–Trinajstić information content (AvgIpc) is 2.28. The van der Waals surface area contributed by atoms with Gasteiger partial charge in [-0.1, -0.05) is 13.0 Å². The molecule has 0 spiro atoms. The fourth-order valence-corrected chi connectivity index (χ4v) is 4.05. The zero-order valence-electron chi connectivity index (χ0n) is 10.3. The minimum absolute atomic E-state index is 0.436. The van der Waals surface area contributed by atoms with E-state index in [-0.39, 0.29) is 0 Å². The molecule has 1 aliphatic rings. The van der Waals surface area contributed by atoms with Crippen molar-refractivity contribution in [2.24, 2.45) is 5.92 Å². The largest absolute Gasteiger partial charge is 0.301 e. The van der Waals surface area contributed by atoms with Gasteiger partial charge in [0, 0.05) is 16.7 Å². The Morgan fingerprint density at radius 1 is 1.44 bits per heavy atom. The van der Waals surface area contributed by atoms with Gasteiger partial charge in [-0.05, 0) is 59.5 Å². The molecule has 1 aromatic carbocycles. The van der Waals surface area contributed by atoms with Crippen molar-refractivity contribution >= 4 is 38.5 Å². The SMILES string of the molecule is CC1CCCN(S(=O)(=O)Nc2cccc(I)c2)C1. The Hall–Kier alpha value is -0.340. The summed E-state index contributed by atoms with van der Waals surface area (Å²) in [6.45, 7) is 3.32. The summed E-state index contributed by atoms with van der Waals surface area (Å²) in [7, 11) is -3.41. The molecular formula is C12H17IN2O2S. The molecule has 4 nitrogen and oxygen atoms in total. The van der Waals surface area contributed by atoms with E-state index in [1.54, 1.807) is 10.4 Å². The minimum atomic E-state index is -3.41. The van der Waals surface area contributed by atoms with Gasteiger partial charge in [-0.25, -0.2) is 0 Å². The number of hydrogen-bond donors (Lipinski definition) is 1. The summed E-state index contributed by atoms with van der Waals surface area (Å²) < 4.78 is 29.6. The van der Waals surface area contributed by atoms with Crippen molar-refractivity contribution in [2.45, 2.75) is 19.8 Å². The monoisotopic (exact) mass is 380 g/mol. The second-order valence-electron chi connectivity index (χ2n) is 4.72. The van der Waals surface area contributed by atoms with Gasteiger partial charge < -0.3 is 0 Å². The van der Waals surface area contributed by atoms with E-state index >= 15 is 0 Å². The van der Waals surface area contributed by atoms with Crippen LogP contribution in [0.15, 0.2) is 24.3 Å². The first-order valence-electron chi connectivity index (χ1n) is 6.01. The molecular weight excluding hydrogens is 363 g/mol. The van der Waals surface area contributed by atoms with E-state index < -0.39 is 10.2 Å². The number of halogens is 1. The number of piperidine rings is 1. The first-order valence-corrected chi connectivity index (χ1v) is 8.53. The summed E-state index contributed by atoms with van der Waals surface area (Å²) in [5, 5.41) is 0. The van der Waals surface area contributed by atoms with Gasteiger partial charge in [0.05, 0.1) is 5.69 Å². The van der Waals surface area contributed by atoms with Crippen LogP contribution in [0.5, 0.6) is 0 Å². The van der Waals surface area contributed by atoms with Gasteiger partial charge in [0.1, 0.15) is 0 Å². The highest BCUT2D eigenvalue weighted by atomic mass is 127. The molecule has 1 heterocycles. The van der Waals surface area contributed by atoms with Crippen LogP contribution in [0.3, 0.4) is 0 Å². The van der Waals surface area contributed by atoms with Crippen LogP contribution in [0, 0.1) is 9.49 Å². The van der Waals surface area contributed by atoms with Crippen molar-refractivity contribution < 1.29 is 8.42 Å². The number of nitrogens with zero attached hydrogens (tertiary/aromatic N) is 1. The lowest BCUT2D eigenvalue weighted by Crippen LogP contribution is -2.42. The normalized spacial score (nSPS) is 21.8. The fourth-order valence-electron chi connectivity index (χ4n) is 2.13. The average molecular weight is 380 g/mol. The molecule has 0 amide bonds. The maximum Gasteiger partial charge on any atom is 0.301 e. The zero-order chi connectivity index (χ0) is 13.2. The highest BCUT2D eigenvalue weighted by molar-refractivity contribution is 14.1. The lowest BCUT2D eigenvalue weighted by atomic mass is 10.0. The molecule has 0 radical (unpaired) electrons. The van der Waals surface area contributed by atoms with Crippen LogP contribution in [0.25, 0.3) is 0 Å². The van der Waals surface area contributed by atoms with Gasteiger partial charge in [-0.15, -0.1) is 0 Å². The molecule has 6 heteroatoms. The molecule has 0 aliphatic carbocycles. The molecule has 1 aliphatic heterocycles. The van der Waals surface area contributed by atoms with E-state index in [1.807, 2.05) is 18.2 Å². The first-order chi connectivity index (χ1) is 8.47. The van der Waals surface area contributed by atoms with Crippen molar-refractivity contribution in [1.29, 1.82) is 0 Å². The molecule has 1 N–H and O–H groups in total. The Labute approximate surface area is 122 Å². The molecule has 18 heavy (non-hydrogen) atoms. The Bertz CT molecular complexity index is 519. The van der Waals surface area contributed by atoms with E-state index in [0.29, 0.717) is 24.7 Å². The summed E-state index contributed by atoms with van der Waals surface area (Å²) in [5.41, 5.74) is 0.625. The van der Waals surface area contributed by atoms with Crippen LogP contribution >= 0.6 is 22.6 Å². The molecule has 1 fully saturated rings. The van der Waals surface area contributed by atoms with Crippen molar-refractivity contribution in [2.75, 3.05) is 17.8 Å². The van der Waals surface area contributed by atoms with Gasteiger partial charge >= 0.3 is 10.2 Å². The van der Waals surface area contributed by atoms with Crippen LogP contribution < -0.4 is 4.72 Å². The third kappa shape index (κ3) is 3.58. The topological polar surface area (TPSA) is 49.4 Å². The Kier molecular flexibility index (Phi) is 4.50. The third-order valence-electron chi connectivity index (χ3n) is 3.03. The lowest BCUT2D eigenvalue weighted by molar-refractivity contribution is 0.282. The molecule has 0 saturated carbocycles. The van der Waals surface area contributed by atoms with Crippen molar-refractivity contribution in [1.82, 2.24) is 4.31 Å². The minimum Gasteiger partial charge on any atom is -0.271 e. The van der Waals surface area contributed by atoms with Gasteiger partial charge in [0.25, 0.3) is 0 Å². The van der Waals surface area contributed by atoms with Crippen LogP contribution in [0.1, 0.15) is 19.8 Å². The maximum atomic E-state index is 12.2. The number of hydrogen-bond acceptors (Lipinski definition) is 2. The Morgan fingerprint density at radius 2 is 2.22 bits per heavy atom. The van der Waals surface area contributed by atoms with Gasteiger partial charge in [0.15, 0.2) is 0 Å². The second kappa shape index (κ2) is 5.75. The first kappa shape index (κ1) is 14.1.